The predicted octanol–water partition coefficient (Wildman–Crippen LogP) is 1.47. The van der Waals surface area contributed by atoms with Crippen LogP contribution >= 0.6 is 0 Å². The van der Waals surface area contributed by atoms with Crippen molar-refractivity contribution in [3.05, 3.63) is 57.9 Å². The predicted molar refractivity (Wildman–Crippen MR) is 80.6 cm³/mol. The summed E-state index contributed by atoms with van der Waals surface area (Å²) in [6, 6.07) is 5.66. The van der Waals surface area contributed by atoms with Gasteiger partial charge < -0.3 is 9.84 Å². The third-order valence-corrected chi connectivity index (χ3v) is 2.82. The molecular formula is C14H12N4O5. The van der Waals surface area contributed by atoms with Crippen molar-refractivity contribution in [2.24, 2.45) is 5.10 Å². The summed E-state index contributed by atoms with van der Waals surface area (Å²) in [7, 11) is 1.20. The van der Waals surface area contributed by atoms with E-state index in [9.17, 15) is 20.0 Å². The summed E-state index contributed by atoms with van der Waals surface area (Å²) in [5.41, 5.74) is 2.14. The number of aromatic nitrogens is 1. The molecule has 2 rings (SSSR count). The number of phenols is 1. The number of nitrogens with zero attached hydrogens (tertiary/aromatic N) is 3. The maximum absolute atomic E-state index is 11.8. The van der Waals surface area contributed by atoms with E-state index in [1.54, 1.807) is 12.1 Å². The molecule has 1 aromatic carbocycles. The highest BCUT2D eigenvalue weighted by Gasteiger charge is 2.23. The number of nitro groups is 1. The molecule has 0 atom stereocenters. The minimum atomic E-state index is -0.706. The Morgan fingerprint density at radius 2 is 2.26 bits per heavy atom. The van der Waals surface area contributed by atoms with Crippen LogP contribution in [0.4, 0.5) is 5.69 Å². The fourth-order valence-corrected chi connectivity index (χ4v) is 1.79. The monoisotopic (exact) mass is 316 g/mol. The molecule has 9 heteroatoms. The number of ether oxygens (including phenoxy) is 1. The number of carbonyl (C=O) groups excluding carboxylic acids is 1. The lowest BCUT2D eigenvalue weighted by Gasteiger charge is -2.06. The molecule has 1 aromatic heterocycles. The number of nitrogens with one attached hydrogen (secondary N) is 1. The van der Waals surface area contributed by atoms with Crippen LogP contribution in [0.25, 0.3) is 0 Å². The van der Waals surface area contributed by atoms with E-state index in [1.165, 1.54) is 31.6 Å². The lowest BCUT2D eigenvalue weighted by molar-refractivity contribution is -0.386. The second kappa shape index (κ2) is 6.98. The summed E-state index contributed by atoms with van der Waals surface area (Å²) < 4.78 is 4.83. The number of hydrazone groups is 1. The average Bonchev–Trinajstić information content (AvgIpc) is 2.56. The Morgan fingerprint density at radius 3 is 2.87 bits per heavy atom. The number of hydrogen-bond acceptors (Lipinski definition) is 7. The molecule has 0 saturated heterocycles. The number of nitro benzene ring substituents is 1. The zero-order chi connectivity index (χ0) is 16.8. The van der Waals surface area contributed by atoms with Gasteiger partial charge in [-0.1, -0.05) is 0 Å². The Labute approximate surface area is 130 Å². The summed E-state index contributed by atoms with van der Waals surface area (Å²) in [4.78, 5) is 26.0. The number of pyridine rings is 1. The molecule has 1 heterocycles. The molecule has 23 heavy (non-hydrogen) atoms. The second-order valence-electron chi connectivity index (χ2n) is 4.25. The van der Waals surface area contributed by atoms with Crippen molar-refractivity contribution in [2.75, 3.05) is 7.11 Å². The maximum atomic E-state index is 11.8. The van der Waals surface area contributed by atoms with Crippen LogP contribution in [0.1, 0.15) is 15.9 Å². The van der Waals surface area contributed by atoms with Gasteiger partial charge in [-0.25, -0.2) is 5.43 Å². The van der Waals surface area contributed by atoms with Gasteiger partial charge in [-0.05, 0) is 24.3 Å². The van der Waals surface area contributed by atoms with Crippen molar-refractivity contribution in [3.63, 3.8) is 0 Å². The number of hydrogen-bond donors (Lipinski definition) is 2. The molecule has 0 aliphatic carbocycles. The smallest absolute Gasteiger partial charge is 0.323 e. The summed E-state index contributed by atoms with van der Waals surface area (Å²) in [6.07, 6.45) is 3.97. The first-order chi connectivity index (χ1) is 11.0. The highest BCUT2D eigenvalue weighted by Crippen LogP contribution is 2.37. The van der Waals surface area contributed by atoms with E-state index in [0.29, 0.717) is 5.56 Å². The van der Waals surface area contributed by atoms with Gasteiger partial charge in [0, 0.05) is 12.4 Å². The Bertz CT molecular complexity index is 761. The van der Waals surface area contributed by atoms with Gasteiger partial charge in [-0.3, -0.25) is 19.9 Å². The second-order valence-corrected chi connectivity index (χ2v) is 4.25. The molecule has 2 aromatic rings. The summed E-state index contributed by atoms with van der Waals surface area (Å²) in [5, 5.41) is 24.4. The maximum Gasteiger partial charge on any atom is 0.323 e. The zero-order valence-electron chi connectivity index (χ0n) is 12.0. The first-order valence-electron chi connectivity index (χ1n) is 6.32. The molecule has 0 bridgehead atoms. The van der Waals surface area contributed by atoms with E-state index in [2.05, 4.69) is 15.5 Å². The number of rotatable bonds is 5. The number of carbonyl (C=O) groups is 1. The van der Waals surface area contributed by atoms with E-state index >= 15 is 0 Å². The van der Waals surface area contributed by atoms with Crippen LogP contribution in [-0.2, 0) is 0 Å². The number of aromatic hydroxyl groups is 1. The molecule has 0 aliphatic heterocycles. The average molecular weight is 316 g/mol. The lowest BCUT2D eigenvalue weighted by Crippen LogP contribution is -2.17. The fraction of sp³-hybridized carbons (Fsp3) is 0.0714. The molecule has 2 N–H and O–H groups in total. The minimum Gasteiger partial charge on any atom is -0.504 e. The highest BCUT2D eigenvalue weighted by atomic mass is 16.6. The van der Waals surface area contributed by atoms with Crippen molar-refractivity contribution in [1.29, 1.82) is 0 Å². The Kier molecular flexibility index (Phi) is 4.82. The molecule has 0 fully saturated rings. The van der Waals surface area contributed by atoms with Crippen LogP contribution in [0.15, 0.2) is 41.8 Å². The molecule has 1 amide bonds. The van der Waals surface area contributed by atoms with Crippen LogP contribution in [0, 0.1) is 10.1 Å². The van der Waals surface area contributed by atoms with Gasteiger partial charge in [0.2, 0.25) is 5.75 Å². The molecule has 118 valence electrons. The summed E-state index contributed by atoms with van der Waals surface area (Å²) in [6.45, 7) is 0. The third kappa shape index (κ3) is 3.59. The van der Waals surface area contributed by atoms with Crippen LogP contribution in [0.5, 0.6) is 11.5 Å². The van der Waals surface area contributed by atoms with Crippen molar-refractivity contribution in [2.45, 2.75) is 0 Å². The number of amides is 1. The zero-order valence-corrected chi connectivity index (χ0v) is 12.0. The molecule has 0 unspecified atom stereocenters. The lowest BCUT2D eigenvalue weighted by atomic mass is 10.1. The van der Waals surface area contributed by atoms with Gasteiger partial charge >= 0.3 is 5.69 Å². The van der Waals surface area contributed by atoms with Gasteiger partial charge in [0.05, 0.1) is 29.4 Å². The Balaban J connectivity index is 2.23. The van der Waals surface area contributed by atoms with E-state index in [4.69, 9.17) is 4.74 Å². The van der Waals surface area contributed by atoms with Gasteiger partial charge in [-0.15, -0.1) is 0 Å². The number of benzene rings is 1. The molecule has 9 nitrogen and oxygen atoms in total. The largest absolute Gasteiger partial charge is 0.504 e. The Hall–Kier alpha value is -3.49. The van der Waals surface area contributed by atoms with E-state index < -0.39 is 16.5 Å². The van der Waals surface area contributed by atoms with Crippen molar-refractivity contribution in [1.82, 2.24) is 10.4 Å². The first kappa shape index (κ1) is 15.9. The third-order valence-electron chi connectivity index (χ3n) is 2.82. The highest BCUT2D eigenvalue weighted by molar-refractivity contribution is 5.95. The topological polar surface area (TPSA) is 127 Å². The number of phenolic OH excluding ortho intramolecular Hbond substituents is 1. The van der Waals surface area contributed by atoms with Crippen LogP contribution < -0.4 is 10.2 Å². The van der Waals surface area contributed by atoms with Crippen LogP contribution in [0.3, 0.4) is 0 Å². The van der Waals surface area contributed by atoms with Crippen LogP contribution in [0.2, 0.25) is 0 Å². The normalized spacial score (nSPS) is 10.5. The molecule has 0 radical (unpaired) electrons. The van der Waals surface area contributed by atoms with Gasteiger partial charge in [0.25, 0.3) is 5.91 Å². The summed E-state index contributed by atoms with van der Waals surface area (Å²) in [5.74, 6) is -1.16. The molecule has 0 saturated carbocycles. The van der Waals surface area contributed by atoms with Gasteiger partial charge in [-0.2, -0.15) is 5.10 Å². The Morgan fingerprint density at radius 1 is 1.48 bits per heavy atom. The SMILES string of the molecule is COc1c(O)ccc(/C=N/NC(=O)c2cccnc2)c1[N+](=O)[O-]. The fourth-order valence-electron chi connectivity index (χ4n) is 1.79. The summed E-state index contributed by atoms with van der Waals surface area (Å²) >= 11 is 0. The molecule has 0 aliphatic rings. The first-order valence-corrected chi connectivity index (χ1v) is 6.32. The molecular weight excluding hydrogens is 304 g/mol. The van der Waals surface area contributed by atoms with E-state index in [-0.39, 0.29) is 17.1 Å². The van der Waals surface area contributed by atoms with Gasteiger partial charge in [0.15, 0.2) is 5.75 Å². The minimum absolute atomic E-state index is 0.0659. The quantitative estimate of drug-likeness (QED) is 0.488. The standard InChI is InChI=1S/C14H12N4O5/c1-23-13-11(19)5-4-9(12(13)18(21)22)8-16-17-14(20)10-3-2-6-15-7-10/h2-8,19H,1H3,(H,17,20)/b16-8+. The van der Waals surface area contributed by atoms with Crippen LogP contribution in [-0.4, -0.2) is 34.2 Å². The molecule has 0 spiro atoms. The van der Waals surface area contributed by atoms with Crippen molar-refractivity contribution >= 4 is 17.8 Å². The van der Waals surface area contributed by atoms with E-state index in [1.807, 2.05) is 0 Å². The van der Waals surface area contributed by atoms with Gasteiger partial charge in [0.1, 0.15) is 0 Å². The van der Waals surface area contributed by atoms with E-state index in [0.717, 1.165) is 6.21 Å². The van der Waals surface area contributed by atoms with Crippen molar-refractivity contribution < 1.29 is 19.6 Å². The number of methoxy groups -OCH3 is 1. The van der Waals surface area contributed by atoms with Crippen molar-refractivity contribution in [3.8, 4) is 11.5 Å².